The number of halogens is 1. The zero-order chi connectivity index (χ0) is 19.7. The van der Waals surface area contributed by atoms with Gasteiger partial charge in [0.1, 0.15) is 5.82 Å². The molecule has 2 aliphatic rings. The first-order chi connectivity index (χ1) is 13.5. The van der Waals surface area contributed by atoms with Crippen LogP contribution < -0.4 is 0 Å². The number of rotatable bonds is 4. The van der Waals surface area contributed by atoms with Crippen LogP contribution in [-0.2, 0) is 11.2 Å². The minimum absolute atomic E-state index is 0.00789. The molecule has 0 saturated carbocycles. The molecular weight excluding hydrogens is 357 g/mol. The van der Waals surface area contributed by atoms with Crippen molar-refractivity contribution in [3.8, 4) is 0 Å². The van der Waals surface area contributed by atoms with Gasteiger partial charge in [-0.15, -0.1) is 0 Å². The SMILES string of the molecule is O=C(c1ccc(F)cc1)C1CCN(C(=O)CC2Cc3ccccc3C2=O)CC1. The molecule has 2 aromatic carbocycles. The normalized spacial score (nSPS) is 19.5. The standard InChI is InChI=1S/C23H22FNO3/c24-19-7-5-15(6-8-19)22(27)16-9-11-25(12-10-16)21(26)14-18-13-17-3-1-2-4-20(17)23(18)28/h1-8,16,18H,9-14H2. The Morgan fingerprint density at radius 3 is 2.36 bits per heavy atom. The number of fused-ring (bicyclic) bond motifs is 1. The Morgan fingerprint density at radius 1 is 1.00 bits per heavy atom. The molecule has 4 rings (SSSR count). The molecule has 1 aliphatic heterocycles. The second-order valence-electron chi connectivity index (χ2n) is 7.65. The Hall–Kier alpha value is -2.82. The lowest BCUT2D eigenvalue weighted by Crippen LogP contribution is -2.41. The number of hydrogen-bond acceptors (Lipinski definition) is 3. The van der Waals surface area contributed by atoms with Crippen LogP contribution in [-0.4, -0.2) is 35.5 Å². The lowest BCUT2D eigenvalue weighted by Gasteiger charge is -2.32. The molecule has 5 heteroatoms. The van der Waals surface area contributed by atoms with E-state index in [1.54, 1.807) is 4.90 Å². The summed E-state index contributed by atoms with van der Waals surface area (Å²) in [4.78, 5) is 39.5. The van der Waals surface area contributed by atoms with Crippen molar-refractivity contribution in [3.05, 3.63) is 71.0 Å². The van der Waals surface area contributed by atoms with Gasteiger partial charge in [0, 0.05) is 42.5 Å². The number of ketones is 2. The Morgan fingerprint density at radius 2 is 1.68 bits per heavy atom. The summed E-state index contributed by atoms with van der Waals surface area (Å²) >= 11 is 0. The summed E-state index contributed by atoms with van der Waals surface area (Å²) in [6.07, 6.45) is 2.05. The Bertz CT molecular complexity index is 914. The first-order valence-electron chi connectivity index (χ1n) is 9.72. The fraction of sp³-hybridized carbons (Fsp3) is 0.348. The zero-order valence-corrected chi connectivity index (χ0v) is 15.6. The van der Waals surface area contributed by atoms with Crippen LogP contribution in [0, 0.1) is 17.7 Å². The average molecular weight is 379 g/mol. The highest BCUT2D eigenvalue weighted by Crippen LogP contribution is 2.30. The van der Waals surface area contributed by atoms with Crippen LogP contribution in [0.1, 0.15) is 45.5 Å². The number of amides is 1. The Balaban J connectivity index is 1.32. The largest absolute Gasteiger partial charge is 0.343 e. The van der Waals surface area contributed by atoms with E-state index < -0.39 is 0 Å². The van der Waals surface area contributed by atoms with Crippen LogP contribution >= 0.6 is 0 Å². The van der Waals surface area contributed by atoms with Gasteiger partial charge in [-0.3, -0.25) is 14.4 Å². The summed E-state index contributed by atoms with van der Waals surface area (Å²) in [6, 6.07) is 13.2. The highest BCUT2D eigenvalue weighted by molar-refractivity contribution is 6.04. The highest BCUT2D eigenvalue weighted by atomic mass is 19.1. The fourth-order valence-electron chi connectivity index (χ4n) is 4.26. The van der Waals surface area contributed by atoms with Gasteiger partial charge < -0.3 is 4.90 Å². The summed E-state index contributed by atoms with van der Waals surface area (Å²) in [7, 11) is 0. The molecule has 0 spiro atoms. The summed E-state index contributed by atoms with van der Waals surface area (Å²) in [5.41, 5.74) is 2.28. The molecule has 1 fully saturated rings. The van der Waals surface area contributed by atoms with E-state index in [9.17, 15) is 18.8 Å². The summed E-state index contributed by atoms with van der Waals surface area (Å²) in [6.45, 7) is 1.04. The van der Waals surface area contributed by atoms with Gasteiger partial charge in [-0.2, -0.15) is 0 Å². The van der Waals surface area contributed by atoms with Gasteiger partial charge in [-0.1, -0.05) is 24.3 Å². The monoisotopic (exact) mass is 379 g/mol. The number of piperidine rings is 1. The second-order valence-corrected chi connectivity index (χ2v) is 7.65. The molecule has 0 radical (unpaired) electrons. The van der Waals surface area contributed by atoms with Gasteiger partial charge in [0.2, 0.25) is 5.91 Å². The van der Waals surface area contributed by atoms with Crippen LogP contribution in [0.25, 0.3) is 0 Å². The third-order valence-corrected chi connectivity index (χ3v) is 5.89. The van der Waals surface area contributed by atoms with Crippen LogP contribution in [0.15, 0.2) is 48.5 Å². The maximum Gasteiger partial charge on any atom is 0.223 e. The lowest BCUT2D eigenvalue weighted by molar-refractivity contribution is -0.133. The third kappa shape index (κ3) is 3.61. The molecule has 1 unspecified atom stereocenters. The van der Waals surface area contributed by atoms with E-state index in [1.807, 2.05) is 24.3 Å². The van der Waals surface area contributed by atoms with Gasteiger partial charge in [-0.25, -0.2) is 4.39 Å². The van der Waals surface area contributed by atoms with Crippen molar-refractivity contribution in [3.63, 3.8) is 0 Å². The van der Waals surface area contributed by atoms with Crippen molar-refractivity contribution in [1.82, 2.24) is 4.90 Å². The van der Waals surface area contributed by atoms with Gasteiger partial charge >= 0.3 is 0 Å². The molecule has 28 heavy (non-hydrogen) atoms. The highest BCUT2D eigenvalue weighted by Gasteiger charge is 2.34. The first-order valence-corrected chi connectivity index (χ1v) is 9.72. The van der Waals surface area contributed by atoms with Gasteiger partial charge in [0.15, 0.2) is 11.6 Å². The van der Waals surface area contributed by atoms with Crippen LogP contribution in [0.3, 0.4) is 0 Å². The van der Waals surface area contributed by atoms with E-state index in [1.165, 1.54) is 24.3 Å². The molecule has 1 heterocycles. The number of likely N-dealkylation sites (tertiary alicyclic amines) is 1. The van der Waals surface area contributed by atoms with Gasteiger partial charge in [0.05, 0.1) is 0 Å². The molecular formula is C23H22FNO3. The lowest BCUT2D eigenvalue weighted by atomic mass is 9.88. The van der Waals surface area contributed by atoms with E-state index in [2.05, 4.69) is 0 Å². The fourth-order valence-corrected chi connectivity index (χ4v) is 4.26. The van der Waals surface area contributed by atoms with E-state index in [4.69, 9.17) is 0 Å². The summed E-state index contributed by atoms with van der Waals surface area (Å²) in [5.74, 6) is -0.728. The van der Waals surface area contributed by atoms with E-state index in [-0.39, 0.29) is 41.5 Å². The van der Waals surface area contributed by atoms with E-state index in [0.29, 0.717) is 37.9 Å². The predicted octanol–water partition coefficient (Wildman–Crippen LogP) is 3.69. The zero-order valence-electron chi connectivity index (χ0n) is 15.6. The molecule has 1 amide bonds. The molecule has 0 N–H and O–H groups in total. The van der Waals surface area contributed by atoms with Crippen molar-refractivity contribution in [1.29, 1.82) is 0 Å². The van der Waals surface area contributed by atoms with Crippen LogP contribution in [0.4, 0.5) is 4.39 Å². The quantitative estimate of drug-likeness (QED) is 0.762. The second kappa shape index (κ2) is 7.66. The molecule has 1 saturated heterocycles. The maximum absolute atomic E-state index is 13.0. The minimum atomic E-state index is -0.361. The van der Waals surface area contributed by atoms with Crippen molar-refractivity contribution in [2.45, 2.75) is 25.7 Å². The molecule has 1 atom stereocenters. The number of carbonyl (C=O) groups is 3. The van der Waals surface area contributed by atoms with Crippen molar-refractivity contribution in [2.24, 2.45) is 11.8 Å². The summed E-state index contributed by atoms with van der Waals surface area (Å²) in [5, 5.41) is 0. The van der Waals surface area contributed by atoms with E-state index in [0.717, 1.165) is 11.1 Å². The van der Waals surface area contributed by atoms with Crippen molar-refractivity contribution in [2.75, 3.05) is 13.1 Å². The number of nitrogens with zero attached hydrogens (tertiary/aromatic N) is 1. The van der Waals surface area contributed by atoms with Crippen molar-refractivity contribution < 1.29 is 18.8 Å². The number of benzene rings is 2. The third-order valence-electron chi connectivity index (χ3n) is 5.89. The predicted molar refractivity (Wildman–Crippen MR) is 103 cm³/mol. The van der Waals surface area contributed by atoms with Gasteiger partial charge in [0.25, 0.3) is 0 Å². The molecule has 0 bridgehead atoms. The average Bonchev–Trinajstić information content (AvgIpc) is 3.04. The first kappa shape index (κ1) is 18.5. The Labute approximate surface area is 163 Å². The Kier molecular flexibility index (Phi) is 5.07. The molecule has 2 aromatic rings. The molecule has 4 nitrogen and oxygen atoms in total. The molecule has 144 valence electrons. The maximum atomic E-state index is 13.0. The number of hydrogen-bond donors (Lipinski definition) is 0. The van der Waals surface area contributed by atoms with Gasteiger partial charge in [-0.05, 0) is 49.1 Å². The van der Waals surface area contributed by atoms with Crippen LogP contribution in [0.5, 0.6) is 0 Å². The number of carbonyl (C=O) groups excluding carboxylic acids is 3. The summed E-state index contributed by atoms with van der Waals surface area (Å²) < 4.78 is 13.0. The molecule has 0 aromatic heterocycles. The molecule has 1 aliphatic carbocycles. The topological polar surface area (TPSA) is 54.5 Å². The van der Waals surface area contributed by atoms with Crippen molar-refractivity contribution >= 4 is 17.5 Å². The minimum Gasteiger partial charge on any atom is -0.343 e. The smallest absolute Gasteiger partial charge is 0.223 e. The number of Topliss-reactive ketones (excluding diaryl/α,β-unsaturated/α-hetero) is 2. The van der Waals surface area contributed by atoms with E-state index >= 15 is 0 Å². The van der Waals surface area contributed by atoms with Crippen LogP contribution in [0.2, 0.25) is 0 Å².